The lowest BCUT2D eigenvalue weighted by atomic mass is 9.77. The van der Waals surface area contributed by atoms with E-state index in [0.717, 1.165) is 0 Å². The molecule has 0 saturated carbocycles. The summed E-state index contributed by atoms with van der Waals surface area (Å²) in [6.45, 7) is 7.83. The zero-order valence-corrected chi connectivity index (χ0v) is 13.9. The Hall–Kier alpha value is -1.03. The van der Waals surface area contributed by atoms with Crippen LogP contribution >= 0.6 is 7.60 Å². The summed E-state index contributed by atoms with van der Waals surface area (Å²) in [7, 11) is -3.14. The van der Waals surface area contributed by atoms with Crippen LogP contribution in [0.5, 0.6) is 0 Å². The van der Waals surface area contributed by atoms with Crippen molar-refractivity contribution in [1.82, 2.24) is 0 Å². The monoisotopic (exact) mass is 314 g/mol. The van der Waals surface area contributed by atoms with Gasteiger partial charge in [-0.25, -0.2) is 0 Å². The minimum atomic E-state index is -3.14. The Bertz CT molecular complexity index is 506. The summed E-state index contributed by atoms with van der Waals surface area (Å²) in [6, 6.07) is 0. The molecule has 0 radical (unpaired) electrons. The van der Waals surface area contributed by atoms with Crippen LogP contribution in [-0.2, 0) is 23.2 Å². The van der Waals surface area contributed by atoms with Gasteiger partial charge >= 0.3 is 7.60 Å². The summed E-state index contributed by atoms with van der Waals surface area (Å²) < 4.78 is 23.0. The first-order chi connectivity index (χ1) is 9.74. The number of carbonyl (C=O) groups is 2. The van der Waals surface area contributed by atoms with Crippen molar-refractivity contribution < 1.29 is 23.2 Å². The van der Waals surface area contributed by atoms with Crippen molar-refractivity contribution in [3.05, 3.63) is 23.8 Å². The molecule has 1 aliphatic carbocycles. The van der Waals surface area contributed by atoms with Crippen LogP contribution in [0.3, 0.4) is 0 Å². The molecule has 118 valence electrons. The van der Waals surface area contributed by atoms with E-state index < -0.39 is 13.0 Å². The van der Waals surface area contributed by atoms with Gasteiger partial charge in [0.15, 0.2) is 11.6 Å². The van der Waals surface area contributed by atoms with Gasteiger partial charge < -0.3 is 9.05 Å². The second-order valence-electron chi connectivity index (χ2n) is 5.46. The molecule has 0 unspecified atom stereocenters. The molecule has 1 rings (SSSR count). The molecule has 21 heavy (non-hydrogen) atoms. The maximum atomic E-state index is 12.5. The molecule has 0 spiro atoms. The lowest BCUT2D eigenvalue weighted by Gasteiger charge is -2.29. The zero-order valence-electron chi connectivity index (χ0n) is 13.0. The first-order valence-electron chi connectivity index (χ1n) is 7.11. The SMILES string of the molecule is CCOP(=O)(CCC(C)(C)C1=CC(=O)C=CC1=O)OCC. The molecule has 0 amide bonds. The lowest BCUT2D eigenvalue weighted by molar-refractivity contribution is -0.115. The highest BCUT2D eigenvalue weighted by Crippen LogP contribution is 2.51. The van der Waals surface area contributed by atoms with Crippen LogP contribution in [0.1, 0.15) is 34.1 Å². The Morgan fingerprint density at radius 1 is 1.10 bits per heavy atom. The summed E-state index contributed by atoms with van der Waals surface area (Å²) >= 11 is 0. The van der Waals surface area contributed by atoms with Crippen molar-refractivity contribution in [1.29, 1.82) is 0 Å². The topological polar surface area (TPSA) is 69.7 Å². The summed E-state index contributed by atoms with van der Waals surface area (Å²) in [5, 5.41) is 0. The standard InChI is InChI=1S/C15H23O5P/c1-5-19-21(18,20-6-2)10-9-15(3,4)13-11-12(16)7-8-14(13)17/h7-8,11H,5-6,9-10H2,1-4H3. The van der Waals surface area contributed by atoms with Gasteiger partial charge in [0.25, 0.3) is 0 Å². The fraction of sp³-hybridized carbons (Fsp3) is 0.600. The third kappa shape index (κ3) is 5.03. The Labute approximate surface area is 125 Å². The van der Waals surface area contributed by atoms with E-state index in [4.69, 9.17) is 9.05 Å². The van der Waals surface area contributed by atoms with Gasteiger partial charge in [-0.2, -0.15) is 0 Å². The van der Waals surface area contributed by atoms with Gasteiger partial charge in [-0.05, 0) is 43.9 Å². The van der Waals surface area contributed by atoms with E-state index in [-0.39, 0.29) is 17.7 Å². The largest absolute Gasteiger partial charge is 0.330 e. The molecule has 0 fully saturated rings. The van der Waals surface area contributed by atoms with Crippen LogP contribution in [0.4, 0.5) is 0 Å². The van der Waals surface area contributed by atoms with E-state index in [1.54, 1.807) is 13.8 Å². The predicted octanol–water partition coefficient (Wildman–Crippen LogP) is 3.30. The van der Waals surface area contributed by atoms with Crippen LogP contribution in [0.25, 0.3) is 0 Å². The molecule has 0 aliphatic heterocycles. The summed E-state index contributed by atoms with van der Waals surface area (Å²) in [5.74, 6) is -0.377. The molecule has 0 heterocycles. The Kier molecular flexibility index (Phi) is 6.26. The molecular formula is C15H23O5P. The zero-order chi connectivity index (χ0) is 16.1. The van der Waals surface area contributed by atoms with Gasteiger partial charge in [-0.3, -0.25) is 14.2 Å². The average molecular weight is 314 g/mol. The number of hydrogen-bond donors (Lipinski definition) is 0. The summed E-state index contributed by atoms with van der Waals surface area (Å²) in [6.07, 6.45) is 4.54. The summed E-state index contributed by atoms with van der Waals surface area (Å²) in [5.41, 5.74) is -0.129. The number of ketones is 2. The maximum Gasteiger partial charge on any atom is 0.330 e. The van der Waals surface area contributed by atoms with Gasteiger partial charge in [-0.1, -0.05) is 13.8 Å². The van der Waals surface area contributed by atoms with Gasteiger partial charge in [0, 0.05) is 5.57 Å². The molecule has 0 bridgehead atoms. The van der Waals surface area contributed by atoms with Crippen molar-refractivity contribution in [2.24, 2.45) is 5.41 Å². The van der Waals surface area contributed by atoms with Crippen molar-refractivity contribution in [2.45, 2.75) is 34.1 Å². The third-order valence-electron chi connectivity index (χ3n) is 3.34. The average Bonchev–Trinajstić information content (AvgIpc) is 2.40. The van der Waals surface area contributed by atoms with Gasteiger partial charge in [0.05, 0.1) is 19.4 Å². The van der Waals surface area contributed by atoms with Crippen molar-refractivity contribution in [3.63, 3.8) is 0 Å². The number of carbonyl (C=O) groups excluding carboxylic acids is 2. The van der Waals surface area contributed by atoms with Crippen LogP contribution in [0.15, 0.2) is 23.8 Å². The van der Waals surface area contributed by atoms with E-state index in [9.17, 15) is 14.2 Å². The molecule has 0 aromatic heterocycles. The summed E-state index contributed by atoms with van der Waals surface area (Å²) in [4.78, 5) is 23.4. The Balaban J connectivity index is 2.82. The van der Waals surface area contributed by atoms with Crippen LogP contribution < -0.4 is 0 Å². The minimum Gasteiger partial charge on any atom is -0.309 e. The fourth-order valence-corrected chi connectivity index (χ4v) is 4.10. The highest BCUT2D eigenvalue weighted by atomic mass is 31.2. The highest BCUT2D eigenvalue weighted by Gasteiger charge is 2.33. The first-order valence-corrected chi connectivity index (χ1v) is 8.83. The number of hydrogen-bond acceptors (Lipinski definition) is 5. The van der Waals surface area contributed by atoms with E-state index in [0.29, 0.717) is 25.2 Å². The fourth-order valence-electron chi connectivity index (χ4n) is 2.15. The molecule has 0 saturated heterocycles. The van der Waals surface area contributed by atoms with E-state index in [1.165, 1.54) is 18.2 Å². The van der Waals surface area contributed by atoms with Crippen molar-refractivity contribution >= 4 is 19.2 Å². The predicted molar refractivity (Wildman–Crippen MR) is 81.4 cm³/mol. The Morgan fingerprint density at radius 3 is 2.19 bits per heavy atom. The molecule has 0 N–H and O–H groups in total. The maximum absolute atomic E-state index is 12.5. The molecule has 0 aromatic rings. The van der Waals surface area contributed by atoms with Gasteiger partial charge in [0.1, 0.15) is 0 Å². The molecule has 0 aromatic carbocycles. The molecule has 0 atom stereocenters. The minimum absolute atomic E-state index is 0.178. The number of allylic oxidation sites excluding steroid dienone is 4. The molecular weight excluding hydrogens is 291 g/mol. The number of rotatable bonds is 8. The third-order valence-corrected chi connectivity index (χ3v) is 5.42. The van der Waals surface area contributed by atoms with Crippen molar-refractivity contribution in [2.75, 3.05) is 19.4 Å². The highest BCUT2D eigenvalue weighted by molar-refractivity contribution is 7.53. The molecule has 5 nitrogen and oxygen atoms in total. The first kappa shape index (κ1) is 18.0. The molecule has 6 heteroatoms. The van der Waals surface area contributed by atoms with Gasteiger partial charge in [-0.15, -0.1) is 0 Å². The second kappa shape index (κ2) is 7.30. The molecule has 1 aliphatic rings. The van der Waals surface area contributed by atoms with Crippen LogP contribution in [0, 0.1) is 5.41 Å². The van der Waals surface area contributed by atoms with Crippen molar-refractivity contribution in [3.8, 4) is 0 Å². The van der Waals surface area contributed by atoms with E-state index in [2.05, 4.69) is 0 Å². The van der Waals surface area contributed by atoms with Gasteiger partial charge in [0.2, 0.25) is 0 Å². The normalized spacial score (nSPS) is 16.3. The second-order valence-corrected chi connectivity index (χ2v) is 7.65. The van der Waals surface area contributed by atoms with E-state index in [1.807, 2.05) is 13.8 Å². The smallest absolute Gasteiger partial charge is 0.309 e. The lowest BCUT2D eigenvalue weighted by Crippen LogP contribution is -2.25. The van der Waals surface area contributed by atoms with E-state index >= 15 is 0 Å². The van der Waals surface area contributed by atoms with Crippen LogP contribution in [0.2, 0.25) is 0 Å². The van der Waals surface area contributed by atoms with Crippen LogP contribution in [-0.4, -0.2) is 30.9 Å². The Morgan fingerprint density at radius 2 is 1.67 bits per heavy atom. The quantitative estimate of drug-likeness (QED) is 0.508.